The molecule has 1 heterocycles. The Hall–Kier alpha value is -2.18. The number of hydrogen-bond acceptors (Lipinski definition) is 3. The van der Waals surface area contributed by atoms with E-state index in [0.29, 0.717) is 16.8 Å². The zero-order valence-electron chi connectivity index (χ0n) is 12.1. The Morgan fingerprint density at radius 1 is 1.45 bits per heavy atom. The zero-order chi connectivity index (χ0) is 15.9. The maximum atomic E-state index is 6.19. The van der Waals surface area contributed by atoms with Gasteiger partial charge in [-0.25, -0.2) is 4.68 Å². The first-order valence-corrected chi connectivity index (χ1v) is 7.40. The number of nitrogens with zero attached hydrogens (tertiary/aromatic N) is 3. The van der Waals surface area contributed by atoms with Gasteiger partial charge in [0.25, 0.3) is 0 Å². The van der Waals surface area contributed by atoms with Gasteiger partial charge in [0.1, 0.15) is 0 Å². The summed E-state index contributed by atoms with van der Waals surface area (Å²) in [7, 11) is 0. The lowest BCUT2D eigenvalue weighted by atomic mass is 10.2. The fraction of sp³-hybridized carbons (Fsp3) is 0.133. The minimum Gasteiger partial charge on any atom is -0.358 e. The molecule has 0 amide bonds. The van der Waals surface area contributed by atoms with Gasteiger partial charge in [-0.15, -0.1) is 6.58 Å². The normalized spacial score (nSPS) is 10.6. The summed E-state index contributed by atoms with van der Waals surface area (Å²) in [5, 5.41) is 12.1. The number of aromatic nitrogens is 2. The molecule has 0 atom stereocenters. The average molecular weight is 334 g/mol. The smallest absolute Gasteiger partial charge is 0.187 e. The highest BCUT2D eigenvalue weighted by Gasteiger charge is 2.12. The van der Waals surface area contributed by atoms with Crippen LogP contribution in [0.25, 0.3) is 5.69 Å². The number of para-hydroxylation sites is 1. The summed E-state index contributed by atoms with van der Waals surface area (Å²) in [5.41, 5.74) is 5.29. The Labute approximate surface area is 139 Å². The summed E-state index contributed by atoms with van der Waals surface area (Å²) < 4.78 is 1.78. The SMILES string of the molecule is C=CCNC(=S)NN=Cc1c(Cl)nn(-c2ccccc2)c1C. The standard InChI is InChI=1S/C15H16ClN5S/c1-3-9-17-15(22)19-18-10-13-11(2)21(20-14(13)16)12-7-5-4-6-8-12/h3-8,10H,1,9H2,2H3,(H2,17,19,22). The molecule has 2 aromatic rings. The predicted octanol–water partition coefficient (Wildman–Crippen LogP) is 2.82. The summed E-state index contributed by atoms with van der Waals surface area (Å²) in [4.78, 5) is 0. The molecule has 22 heavy (non-hydrogen) atoms. The third-order valence-electron chi connectivity index (χ3n) is 2.89. The van der Waals surface area contributed by atoms with Crippen molar-refractivity contribution in [2.24, 2.45) is 5.10 Å². The molecule has 1 aromatic heterocycles. The van der Waals surface area contributed by atoms with E-state index < -0.39 is 0 Å². The molecule has 2 rings (SSSR count). The molecule has 0 aliphatic carbocycles. The molecular weight excluding hydrogens is 318 g/mol. The lowest BCUT2D eigenvalue weighted by Gasteiger charge is -2.04. The van der Waals surface area contributed by atoms with Crippen LogP contribution in [-0.2, 0) is 0 Å². The fourth-order valence-corrected chi connectivity index (χ4v) is 2.20. The number of halogens is 1. The molecule has 2 N–H and O–H groups in total. The van der Waals surface area contributed by atoms with Crippen molar-refractivity contribution in [3.8, 4) is 5.69 Å². The molecule has 0 aliphatic rings. The van der Waals surface area contributed by atoms with Crippen LogP contribution >= 0.6 is 23.8 Å². The average Bonchev–Trinajstić information content (AvgIpc) is 2.81. The predicted molar refractivity (Wildman–Crippen MR) is 94.8 cm³/mol. The Bertz CT molecular complexity index is 693. The van der Waals surface area contributed by atoms with Crippen molar-refractivity contribution in [1.82, 2.24) is 20.5 Å². The van der Waals surface area contributed by atoms with E-state index in [1.165, 1.54) is 0 Å². The van der Waals surface area contributed by atoms with Crippen LogP contribution in [0.4, 0.5) is 0 Å². The van der Waals surface area contributed by atoms with E-state index in [2.05, 4.69) is 27.5 Å². The van der Waals surface area contributed by atoms with Crippen LogP contribution in [0.5, 0.6) is 0 Å². The fourth-order valence-electron chi connectivity index (χ4n) is 1.81. The van der Waals surface area contributed by atoms with E-state index in [1.807, 2.05) is 37.3 Å². The van der Waals surface area contributed by atoms with Crippen LogP contribution in [-0.4, -0.2) is 27.7 Å². The van der Waals surface area contributed by atoms with E-state index in [1.54, 1.807) is 17.0 Å². The number of rotatable bonds is 5. The number of hydrogen-bond donors (Lipinski definition) is 2. The molecule has 0 saturated heterocycles. The van der Waals surface area contributed by atoms with Gasteiger partial charge in [-0.2, -0.15) is 10.2 Å². The number of nitrogens with one attached hydrogen (secondary N) is 2. The van der Waals surface area contributed by atoms with Crippen LogP contribution < -0.4 is 10.7 Å². The maximum Gasteiger partial charge on any atom is 0.187 e. The molecule has 0 bridgehead atoms. The Morgan fingerprint density at radius 2 is 2.18 bits per heavy atom. The van der Waals surface area contributed by atoms with Gasteiger partial charge < -0.3 is 5.32 Å². The molecule has 0 unspecified atom stereocenters. The van der Waals surface area contributed by atoms with Gasteiger partial charge in [-0.3, -0.25) is 5.43 Å². The van der Waals surface area contributed by atoms with Gasteiger partial charge in [-0.05, 0) is 31.3 Å². The Morgan fingerprint density at radius 3 is 2.86 bits per heavy atom. The van der Waals surface area contributed by atoms with Crippen LogP contribution in [0, 0.1) is 6.92 Å². The monoisotopic (exact) mass is 333 g/mol. The second kappa shape index (κ2) is 7.72. The summed E-state index contributed by atoms with van der Waals surface area (Å²) in [6.45, 7) is 6.11. The van der Waals surface area contributed by atoms with Crippen LogP contribution in [0.15, 0.2) is 48.1 Å². The third-order valence-corrected chi connectivity index (χ3v) is 3.40. The van der Waals surface area contributed by atoms with Crippen molar-refractivity contribution in [1.29, 1.82) is 0 Å². The van der Waals surface area contributed by atoms with Crippen molar-refractivity contribution in [2.45, 2.75) is 6.92 Å². The molecule has 0 spiro atoms. The largest absolute Gasteiger partial charge is 0.358 e. The van der Waals surface area contributed by atoms with Gasteiger partial charge in [0.15, 0.2) is 10.3 Å². The molecule has 1 aromatic carbocycles. The van der Waals surface area contributed by atoms with E-state index >= 15 is 0 Å². The number of hydrazone groups is 1. The summed E-state index contributed by atoms with van der Waals surface area (Å²) >= 11 is 11.2. The number of thiocarbonyl (C=S) groups is 1. The molecule has 0 aliphatic heterocycles. The van der Waals surface area contributed by atoms with Crippen molar-refractivity contribution in [3.05, 3.63) is 59.4 Å². The second-order valence-corrected chi connectivity index (χ2v) is 5.17. The topological polar surface area (TPSA) is 54.2 Å². The van der Waals surface area contributed by atoms with Crippen molar-refractivity contribution >= 4 is 35.1 Å². The lowest BCUT2D eigenvalue weighted by Crippen LogP contribution is -2.31. The van der Waals surface area contributed by atoms with E-state index in [4.69, 9.17) is 23.8 Å². The minimum atomic E-state index is 0.386. The van der Waals surface area contributed by atoms with Crippen molar-refractivity contribution in [2.75, 3.05) is 6.54 Å². The van der Waals surface area contributed by atoms with Crippen LogP contribution in [0.2, 0.25) is 5.15 Å². The lowest BCUT2D eigenvalue weighted by molar-refractivity contribution is 0.847. The molecule has 5 nitrogen and oxygen atoms in total. The summed E-state index contributed by atoms with van der Waals surface area (Å²) in [6.07, 6.45) is 3.31. The summed E-state index contributed by atoms with van der Waals surface area (Å²) in [6, 6.07) is 9.77. The first kappa shape index (κ1) is 16.2. The highest BCUT2D eigenvalue weighted by molar-refractivity contribution is 7.80. The van der Waals surface area contributed by atoms with Crippen LogP contribution in [0.1, 0.15) is 11.3 Å². The molecule has 114 valence electrons. The van der Waals surface area contributed by atoms with Gasteiger partial charge >= 0.3 is 0 Å². The third kappa shape index (κ3) is 3.93. The first-order valence-electron chi connectivity index (χ1n) is 6.62. The van der Waals surface area contributed by atoms with Gasteiger partial charge in [0.2, 0.25) is 0 Å². The second-order valence-electron chi connectivity index (χ2n) is 4.41. The van der Waals surface area contributed by atoms with Gasteiger partial charge in [-0.1, -0.05) is 35.9 Å². The van der Waals surface area contributed by atoms with Gasteiger partial charge in [0, 0.05) is 6.54 Å². The Kier molecular flexibility index (Phi) is 5.68. The highest BCUT2D eigenvalue weighted by Crippen LogP contribution is 2.20. The maximum absolute atomic E-state index is 6.19. The molecule has 0 fully saturated rings. The first-order chi connectivity index (χ1) is 10.6. The quantitative estimate of drug-likeness (QED) is 0.382. The number of benzene rings is 1. The van der Waals surface area contributed by atoms with Crippen LogP contribution in [0.3, 0.4) is 0 Å². The zero-order valence-corrected chi connectivity index (χ0v) is 13.7. The Balaban J connectivity index is 2.14. The van der Waals surface area contributed by atoms with Crippen molar-refractivity contribution < 1.29 is 0 Å². The van der Waals surface area contributed by atoms with E-state index in [-0.39, 0.29) is 0 Å². The summed E-state index contributed by atoms with van der Waals surface area (Å²) in [5.74, 6) is 0. The molecule has 7 heteroatoms. The molecule has 0 radical (unpaired) electrons. The molecule has 0 saturated carbocycles. The van der Waals surface area contributed by atoms with Gasteiger partial charge in [0.05, 0.1) is 23.2 Å². The minimum absolute atomic E-state index is 0.386. The molecular formula is C15H16ClN5S. The van der Waals surface area contributed by atoms with Crippen molar-refractivity contribution in [3.63, 3.8) is 0 Å². The highest BCUT2D eigenvalue weighted by atomic mass is 35.5. The van der Waals surface area contributed by atoms with E-state index in [0.717, 1.165) is 16.9 Å². The van der Waals surface area contributed by atoms with E-state index in [9.17, 15) is 0 Å².